The first-order valence-corrected chi connectivity index (χ1v) is 50.9. The van der Waals surface area contributed by atoms with Gasteiger partial charge in [0, 0.05) is 135 Å². The number of likely N-dealkylation sites (N-methyl/N-ethyl adjacent to an activating group) is 1. The number of thiazole rings is 4. The van der Waals surface area contributed by atoms with Crippen LogP contribution in [0.1, 0.15) is 141 Å². The second-order valence-electron chi connectivity index (χ2n) is 28.2. The summed E-state index contributed by atoms with van der Waals surface area (Å²) in [5.41, 5.74) is 47.5. The summed E-state index contributed by atoms with van der Waals surface area (Å²) in [5.74, 6) is 3.73. The second kappa shape index (κ2) is 41.2. The van der Waals surface area contributed by atoms with Gasteiger partial charge in [0.1, 0.15) is 84.8 Å². The first kappa shape index (κ1) is 88.0. The average molecular weight is 1820 g/mol. The number of pyridine rings is 4. The lowest BCUT2D eigenvalue weighted by molar-refractivity contribution is -0.121. The van der Waals surface area contributed by atoms with Crippen molar-refractivity contribution >= 4 is 238 Å². The summed E-state index contributed by atoms with van der Waals surface area (Å²) in [6.07, 6.45) is 23.1. The molecular weight excluding hydrogens is 1730 g/mol. The third kappa shape index (κ3) is 20.9. The molecule has 0 fully saturated rings. The van der Waals surface area contributed by atoms with E-state index in [2.05, 4.69) is 74.8 Å². The fourth-order valence-corrected chi connectivity index (χ4v) is 26.5. The molecule has 119 heavy (non-hydrogen) atoms. The predicted molar refractivity (Wildman–Crippen MR) is 507 cm³/mol. The Morgan fingerprint density at radius 2 is 0.815 bits per heavy atom. The first-order valence-electron chi connectivity index (χ1n) is 38.8. The van der Waals surface area contributed by atoms with Crippen molar-refractivity contribution in [2.24, 2.45) is 20.7 Å². The molecule has 11 N–H and O–H groups in total. The Balaban J connectivity index is 0.000000138. The van der Waals surface area contributed by atoms with Crippen LogP contribution in [-0.2, 0) is 59.3 Å². The Bertz CT molecular complexity index is 5920. The van der Waals surface area contributed by atoms with Crippen LogP contribution >= 0.6 is 90.7 Å². The quantitative estimate of drug-likeness (QED) is 0.0243. The van der Waals surface area contributed by atoms with E-state index in [0.29, 0.717) is 103 Å². The van der Waals surface area contributed by atoms with Gasteiger partial charge in [-0.1, -0.05) is 84.6 Å². The highest BCUT2D eigenvalue weighted by Crippen LogP contribution is 2.48. The Kier molecular flexibility index (Phi) is 30.5. The fourth-order valence-electron chi connectivity index (χ4n) is 12.9. The third-order valence-corrected chi connectivity index (χ3v) is 34.1. The van der Waals surface area contributed by atoms with Crippen LogP contribution < -0.4 is 34.0 Å². The molecule has 0 saturated carbocycles. The number of nitrogen functional groups attached to an aromatic ring is 4. The van der Waals surface area contributed by atoms with Crippen molar-refractivity contribution in [1.82, 2.24) is 50.1 Å². The van der Waals surface area contributed by atoms with E-state index >= 15 is 0 Å². The predicted octanol–water partition coefficient (Wildman–Crippen LogP) is 19.4. The van der Waals surface area contributed by atoms with Crippen molar-refractivity contribution in [3.8, 4) is 53.9 Å². The number of aliphatic imine (C=N–C) groups is 3. The van der Waals surface area contributed by atoms with Gasteiger partial charge < -0.3 is 43.6 Å². The molecule has 12 aromatic heterocycles. The van der Waals surface area contributed by atoms with Crippen LogP contribution in [0.5, 0.6) is 0 Å². The Labute approximate surface area is 732 Å². The fraction of sp³-hybridized carbons (Fsp3) is 0.325. The molecule has 1 amide bonds. The number of rotatable bonds is 30. The minimum atomic E-state index is -1.15. The minimum Gasteiger partial charge on any atom is -0.481 e. The van der Waals surface area contributed by atoms with Crippen LogP contribution in [-0.4, -0.2) is 135 Å². The topological polar surface area (TPSA) is 380 Å². The van der Waals surface area contributed by atoms with Gasteiger partial charge in [0.2, 0.25) is 5.91 Å². The molecule has 4 unspecified atom stereocenters. The lowest BCUT2D eigenvalue weighted by Crippen LogP contribution is -2.32. The zero-order valence-corrected chi connectivity index (χ0v) is 76.8. The number of thiophene rings is 4. The zero-order chi connectivity index (χ0) is 84.0. The molecule has 16 rings (SSSR count). The summed E-state index contributed by atoms with van der Waals surface area (Å²) < 4.78 is 59.9. The standard InChI is InChI=1S/C25H29N5O2S3.C21H24N4O2S3.C19H20N4OS3.C18H19N5OS3/c1-4-5-12-35(32)25-22(26)21-18(13-19(29-24(21)34-25)23-27-10-11-33-23)17-8-6-16(7-9-17)14-28-20(31)15-30(2)3;1-3-5-9-30(26)21-18(22)17-14(13-10-16(24-12-13)27-7-4-2)11-15(25-20(17)29-21)19-23-6-8-28-19;1-3-4-7-27(24)19-16(20)15-13(12-8-11(2)22-10-12)9-14(23-18(15)26-19)17-21-5-6-25-17;1-2-3-6-27(24)18-15(20)14-11(10-7-13(19)22-9-10)8-12(23-17(14)26-18)16-21-4-5-25-16/h6-11,13H,4-5,12,14-15,26H2,1-3H3,(H,28,31);6,8,11-12H,3-5,7,9-10,22H2,1-2H3;5-6,9-10H,3-4,7-8,20H2,1-2H3;4-5,8-9H,2-3,6-7,20H2,1H3,(H2,19,22). The van der Waals surface area contributed by atoms with Crippen LogP contribution in [0.4, 0.5) is 22.7 Å². The SMILES string of the molecule is CCCCS(=O)c1sc2nc(-c3nccs3)cc(-c3ccc(CNC(=O)CN(C)C)cc3)c2c1N.CCCCS(=O)c1sc2nc(-c3nccs3)cc(C3=CN=C(C)C3)c2c1N.CCCCS(=O)c1sc2nc(-c3nccs3)cc(C3=CN=C(N)C3)c2c1N.CCCCS(=O)c1sc2nc(-c3nccs3)cc(C3=CN=C(OCCC)C3)c2c1N. The van der Waals surface area contributed by atoms with Gasteiger partial charge in [-0.15, -0.1) is 90.7 Å². The molecule has 3 aliphatic rings. The molecule has 15 heterocycles. The number of anilines is 4. The number of carbonyl (C=O) groups is 1. The number of aromatic nitrogens is 8. The van der Waals surface area contributed by atoms with Crippen molar-refractivity contribution in [3.63, 3.8) is 0 Å². The molecule has 4 atom stereocenters. The maximum atomic E-state index is 13.0. The van der Waals surface area contributed by atoms with E-state index in [0.717, 1.165) is 208 Å². The number of benzene rings is 1. The number of amides is 1. The lowest BCUT2D eigenvalue weighted by Gasteiger charge is -2.11. The Hall–Kier alpha value is -8.76. The number of carbonyl (C=O) groups excluding carboxylic acids is 1. The van der Waals surface area contributed by atoms with E-state index in [4.69, 9.17) is 53.3 Å². The molecule has 24 nitrogen and oxygen atoms in total. The van der Waals surface area contributed by atoms with Gasteiger partial charge in [-0.05, 0) is 127 Å². The van der Waals surface area contributed by atoms with Gasteiger partial charge in [-0.2, -0.15) is 0 Å². The molecule has 3 aliphatic heterocycles. The van der Waals surface area contributed by atoms with Crippen molar-refractivity contribution < 1.29 is 26.4 Å². The molecule has 0 radical (unpaired) electrons. The van der Waals surface area contributed by atoms with Crippen molar-refractivity contribution in [2.75, 3.05) is 73.2 Å². The van der Waals surface area contributed by atoms with Crippen LogP contribution in [0.3, 0.4) is 0 Å². The molecule has 0 saturated heterocycles. The number of fused-ring (bicyclic) bond motifs is 4. The summed E-state index contributed by atoms with van der Waals surface area (Å²) in [6.45, 7) is 13.9. The number of nitrogens with one attached hydrogen (secondary N) is 1. The number of amidine groups is 1. The summed E-state index contributed by atoms with van der Waals surface area (Å²) >= 11 is 11.9. The van der Waals surface area contributed by atoms with Crippen LogP contribution in [0.2, 0.25) is 0 Å². The molecule has 0 spiro atoms. The Morgan fingerprint density at radius 1 is 0.462 bits per heavy atom. The van der Waals surface area contributed by atoms with Crippen molar-refractivity contribution in [2.45, 2.75) is 142 Å². The first-order chi connectivity index (χ1) is 57.6. The minimum absolute atomic E-state index is 0.0161. The van der Waals surface area contributed by atoms with Crippen LogP contribution in [0.15, 0.2) is 145 Å². The highest BCUT2D eigenvalue weighted by Gasteiger charge is 2.29. The number of ether oxygens (including phenoxy) is 1. The van der Waals surface area contributed by atoms with E-state index in [1.54, 1.807) is 53.7 Å². The molecule has 1 aromatic carbocycles. The maximum Gasteiger partial charge on any atom is 0.234 e. The number of hydrogen-bond donors (Lipinski definition) is 6. The average Bonchev–Trinajstić information content (AvgIpc) is 1.56. The number of hydrogen-bond acceptors (Lipinski definition) is 31. The normalized spacial score (nSPS) is 14.2. The lowest BCUT2D eigenvalue weighted by atomic mass is 10.00. The summed E-state index contributed by atoms with van der Waals surface area (Å²) in [6, 6.07) is 16.1. The highest BCUT2D eigenvalue weighted by molar-refractivity contribution is 7.88. The molecular formula is C83H92N18O6S12. The van der Waals surface area contributed by atoms with Gasteiger partial charge in [0.15, 0.2) is 5.90 Å². The van der Waals surface area contributed by atoms with Crippen LogP contribution in [0, 0.1) is 0 Å². The molecule has 0 bridgehead atoms. The van der Waals surface area contributed by atoms with Crippen LogP contribution in [0.25, 0.3) is 112 Å². The molecule has 36 heteroatoms. The van der Waals surface area contributed by atoms with E-state index in [1.165, 1.54) is 68.0 Å². The molecule has 13 aromatic rings. The van der Waals surface area contributed by atoms with E-state index in [-0.39, 0.29) is 5.91 Å². The molecule has 0 aliphatic carbocycles. The second-order valence-corrected chi connectivity index (χ2v) is 42.8. The summed E-state index contributed by atoms with van der Waals surface area (Å²) in [7, 11) is -0.762. The van der Waals surface area contributed by atoms with Gasteiger partial charge in [-0.3, -0.25) is 26.6 Å². The van der Waals surface area contributed by atoms with E-state index in [9.17, 15) is 21.6 Å². The van der Waals surface area contributed by atoms with Gasteiger partial charge >= 0.3 is 0 Å². The molecule has 622 valence electrons. The summed E-state index contributed by atoms with van der Waals surface area (Å²) in [5, 5.41) is 17.5. The largest absolute Gasteiger partial charge is 0.481 e. The van der Waals surface area contributed by atoms with Gasteiger partial charge in [0.25, 0.3) is 0 Å². The number of allylic oxidation sites excluding steroid dienone is 1. The van der Waals surface area contributed by atoms with Crippen molar-refractivity contribution in [3.05, 3.63) is 136 Å². The third-order valence-electron chi connectivity index (χ3n) is 18.9. The van der Waals surface area contributed by atoms with Crippen molar-refractivity contribution in [1.29, 1.82) is 0 Å². The maximum absolute atomic E-state index is 13.0. The highest BCUT2D eigenvalue weighted by atomic mass is 32.2. The number of nitrogens with zero attached hydrogens (tertiary/aromatic N) is 12. The number of unbranched alkanes of at least 4 members (excludes halogenated alkanes) is 4. The smallest absolute Gasteiger partial charge is 0.234 e. The van der Waals surface area contributed by atoms with Gasteiger partial charge in [0.05, 0.1) is 85.5 Å². The zero-order valence-electron chi connectivity index (χ0n) is 67.0. The Morgan fingerprint density at radius 3 is 1.14 bits per heavy atom. The summed E-state index contributed by atoms with van der Waals surface area (Å²) in [4.78, 5) is 66.9. The number of nitrogens with two attached hydrogens (primary N) is 5. The monoisotopic (exact) mass is 1820 g/mol. The van der Waals surface area contributed by atoms with E-state index < -0.39 is 43.2 Å². The van der Waals surface area contributed by atoms with Gasteiger partial charge in [-0.25, -0.2) is 49.9 Å². The van der Waals surface area contributed by atoms with E-state index in [1.807, 2.05) is 108 Å².